The lowest BCUT2D eigenvalue weighted by molar-refractivity contribution is -0.120. The molecule has 0 bridgehead atoms. The topological polar surface area (TPSA) is 29.1 Å². The average Bonchev–Trinajstić information content (AvgIpc) is 2.09. The van der Waals surface area contributed by atoms with E-state index in [9.17, 15) is 4.79 Å². The molecule has 16 heavy (non-hydrogen) atoms. The molecule has 0 spiro atoms. The first-order valence-electron chi connectivity index (χ1n) is 5.90. The number of allylic oxidation sites excluding steroid dienone is 1. The first-order valence-corrected chi connectivity index (χ1v) is 13.0. The van der Waals surface area contributed by atoms with E-state index >= 15 is 0 Å². The van der Waals surface area contributed by atoms with Crippen LogP contribution in [0.5, 0.6) is 0 Å². The normalized spacial score (nSPS) is 14.4. The molecular weight excluding hydrogens is 230 g/mol. The smallest absolute Gasteiger partial charge is 0.220 e. The molecule has 0 aliphatic heterocycles. The zero-order valence-electron chi connectivity index (χ0n) is 11.9. The molecule has 0 rings (SSSR count). The summed E-state index contributed by atoms with van der Waals surface area (Å²) in [6.45, 7) is 17.8. The minimum Gasteiger partial charge on any atom is -0.359 e. The first kappa shape index (κ1) is 15.6. The summed E-state index contributed by atoms with van der Waals surface area (Å²) in [6.07, 6.45) is 0.880. The monoisotopic (exact) mass is 257 g/mol. The van der Waals surface area contributed by atoms with Gasteiger partial charge in [-0.2, -0.15) is 0 Å². The van der Waals surface area contributed by atoms with E-state index in [-0.39, 0.29) is 11.4 Å². The van der Waals surface area contributed by atoms with E-state index < -0.39 is 16.1 Å². The quantitative estimate of drug-likeness (QED) is 0.753. The summed E-state index contributed by atoms with van der Waals surface area (Å²) < 4.78 is 0. The van der Waals surface area contributed by atoms with Crippen LogP contribution in [0.2, 0.25) is 44.8 Å². The van der Waals surface area contributed by atoms with Crippen LogP contribution >= 0.6 is 0 Å². The highest BCUT2D eigenvalue weighted by Crippen LogP contribution is 2.31. The van der Waals surface area contributed by atoms with Gasteiger partial charge in [-0.15, -0.1) is 6.58 Å². The van der Waals surface area contributed by atoms with Crippen molar-refractivity contribution in [3.05, 3.63) is 11.8 Å². The number of rotatable bonds is 5. The van der Waals surface area contributed by atoms with E-state index in [0.717, 1.165) is 6.42 Å². The molecule has 94 valence electrons. The molecule has 1 amide bonds. The standard InChI is InChI=1S/C12H27NOSi2/c1-10(15(3,4)5)9-11(12(14)13-2)16(6,7)8/h11H,1,9H2,2-8H3,(H,13,14). The summed E-state index contributed by atoms with van der Waals surface area (Å²) in [4.78, 5) is 11.9. The number of carbonyl (C=O) groups is 1. The van der Waals surface area contributed by atoms with Crippen LogP contribution in [0.1, 0.15) is 6.42 Å². The molecular formula is C12H27NOSi2. The number of carbonyl (C=O) groups excluding carboxylic acids is 1. The molecule has 0 heterocycles. The molecule has 0 saturated carbocycles. The Balaban J connectivity index is 4.84. The fourth-order valence-corrected chi connectivity index (χ4v) is 4.33. The summed E-state index contributed by atoms with van der Waals surface area (Å²) >= 11 is 0. The Hall–Kier alpha value is -0.356. The number of amides is 1. The van der Waals surface area contributed by atoms with Gasteiger partial charge >= 0.3 is 0 Å². The molecule has 0 aromatic heterocycles. The lowest BCUT2D eigenvalue weighted by atomic mass is 10.3. The molecule has 0 radical (unpaired) electrons. The van der Waals surface area contributed by atoms with E-state index in [4.69, 9.17) is 0 Å². The van der Waals surface area contributed by atoms with Crippen LogP contribution in [0.4, 0.5) is 0 Å². The van der Waals surface area contributed by atoms with Gasteiger partial charge in [0.1, 0.15) is 0 Å². The van der Waals surface area contributed by atoms with Crippen LogP contribution in [0, 0.1) is 0 Å². The van der Waals surface area contributed by atoms with Gasteiger partial charge in [0.2, 0.25) is 5.91 Å². The van der Waals surface area contributed by atoms with Crippen molar-refractivity contribution < 1.29 is 4.79 Å². The van der Waals surface area contributed by atoms with Gasteiger partial charge in [0.05, 0.1) is 16.1 Å². The van der Waals surface area contributed by atoms with Crippen LogP contribution < -0.4 is 5.32 Å². The summed E-state index contributed by atoms with van der Waals surface area (Å²) in [5.74, 6) is 0.193. The molecule has 0 saturated heterocycles. The lowest BCUT2D eigenvalue weighted by Gasteiger charge is -2.31. The maximum atomic E-state index is 11.9. The van der Waals surface area contributed by atoms with Crippen molar-refractivity contribution in [3.63, 3.8) is 0 Å². The van der Waals surface area contributed by atoms with Crippen LogP contribution in [-0.4, -0.2) is 29.1 Å². The van der Waals surface area contributed by atoms with Crippen LogP contribution in [-0.2, 0) is 4.79 Å². The summed E-state index contributed by atoms with van der Waals surface area (Å²) in [7, 11) is -1.05. The second-order valence-corrected chi connectivity index (χ2v) is 17.2. The van der Waals surface area contributed by atoms with E-state index in [0.29, 0.717) is 0 Å². The minimum absolute atomic E-state index is 0.164. The Labute approximate surface area is 103 Å². The zero-order chi connectivity index (χ0) is 13.1. The second-order valence-electron chi connectivity index (χ2n) is 6.59. The predicted molar refractivity (Wildman–Crippen MR) is 78.3 cm³/mol. The molecule has 2 nitrogen and oxygen atoms in total. The molecule has 0 aromatic carbocycles. The lowest BCUT2D eigenvalue weighted by Crippen LogP contribution is -2.40. The van der Waals surface area contributed by atoms with Gasteiger partial charge in [-0.1, -0.05) is 44.5 Å². The summed E-state index contributed by atoms with van der Waals surface area (Å²) in [6, 6.07) is 0. The summed E-state index contributed by atoms with van der Waals surface area (Å²) in [5.41, 5.74) is 0.164. The zero-order valence-corrected chi connectivity index (χ0v) is 13.9. The molecule has 4 heteroatoms. The maximum Gasteiger partial charge on any atom is 0.220 e. The highest BCUT2D eigenvalue weighted by molar-refractivity contribution is 6.84. The van der Waals surface area contributed by atoms with Gasteiger partial charge in [0.15, 0.2) is 0 Å². The second kappa shape index (κ2) is 5.32. The third-order valence-corrected chi connectivity index (χ3v) is 8.00. The first-order chi connectivity index (χ1) is 7.00. The van der Waals surface area contributed by atoms with Gasteiger partial charge in [-0.05, 0) is 6.42 Å². The van der Waals surface area contributed by atoms with Crippen LogP contribution in [0.25, 0.3) is 0 Å². The highest BCUT2D eigenvalue weighted by Gasteiger charge is 2.34. The summed E-state index contributed by atoms with van der Waals surface area (Å²) in [5, 5.41) is 4.11. The molecule has 1 atom stereocenters. The third kappa shape index (κ3) is 4.66. The SMILES string of the molecule is C=C(CC(C(=O)NC)[Si](C)(C)C)[Si](C)(C)C. The Bertz CT molecular complexity index is 274. The van der Waals surface area contributed by atoms with Crippen molar-refractivity contribution >= 4 is 22.1 Å². The van der Waals surface area contributed by atoms with E-state index in [2.05, 4.69) is 51.2 Å². The van der Waals surface area contributed by atoms with E-state index in [1.165, 1.54) is 5.20 Å². The Morgan fingerprint density at radius 2 is 1.62 bits per heavy atom. The van der Waals surface area contributed by atoms with Crippen molar-refractivity contribution in [2.75, 3.05) is 7.05 Å². The van der Waals surface area contributed by atoms with Gasteiger partial charge in [0, 0.05) is 12.6 Å². The van der Waals surface area contributed by atoms with Crippen molar-refractivity contribution in [3.8, 4) is 0 Å². The highest BCUT2D eigenvalue weighted by atomic mass is 28.3. The molecule has 0 fully saturated rings. The molecule has 1 unspecified atom stereocenters. The molecule has 0 aromatic rings. The van der Waals surface area contributed by atoms with Gasteiger partial charge in [-0.25, -0.2) is 0 Å². The number of hydrogen-bond donors (Lipinski definition) is 1. The maximum absolute atomic E-state index is 11.9. The van der Waals surface area contributed by atoms with E-state index in [1.807, 2.05) is 0 Å². The van der Waals surface area contributed by atoms with E-state index in [1.54, 1.807) is 7.05 Å². The van der Waals surface area contributed by atoms with Gasteiger partial charge in [-0.3, -0.25) is 4.79 Å². The van der Waals surface area contributed by atoms with Crippen molar-refractivity contribution in [2.24, 2.45) is 0 Å². The fraction of sp³-hybridized carbons (Fsp3) is 0.750. The van der Waals surface area contributed by atoms with Crippen LogP contribution in [0.3, 0.4) is 0 Å². The molecule has 0 aliphatic rings. The minimum atomic E-state index is -1.46. The van der Waals surface area contributed by atoms with Crippen LogP contribution in [0.15, 0.2) is 11.8 Å². The van der Waals surface area contributed by atoms with Gasteiger partial charge < -0.3 is 5.32 Å². The van der Waals surface area contributed by atoms with Crippen molar-refractivity contribution in [2.45, 2.75) is 51.2 Å². The average molecular weight is 258 g/mol. The van der Waals surface area contributed by atoms with Gasteiger partial charge in [0.25, 0.3) is 0 Å². The third-order valence-electron chi connectivity index (χ3n) is 3.12. The largest absolute Gasteiger partial charge is 0.359 e. The molecule has 1 N–H and O–H groups in total. The Morgan fingerprint density at radius 1 is 1.19 bits per heavy atom. The van der Waals surface area contributed by atoms with Crippen molar-refractivity contribution in [1.82, 2.24) is 5.32 Å². The molecule has 0 aliphatic carbocycles. The predicted octanol–water partition coefficient (Wildman–Crippen LogP) is 3.26. The van der Waals surface area contributed by atoms with Crippen molar-refractivity contribution in [1.29, 1.82) is 0 Å². The fourth-order valence-electron chi connectivity index (χ4n) is 1.52. The Kier molecular flexibility index (Phi) is 5.20. The number of hydrogen-bond acceptors (Lipinski definition) is 1. The number of nitrogens with one attached hydrogen (secondary N) is 1. The Morgan fingerprint density at radius 3 is 1.88 bits per heavy atom.